The summed E-state index contributed by atoms with van der Waals surface area (Å²) in [4.78, 5) is 8.96. The summed E-state index contributed by atoms with van der Waals surface area (Å²) in [5, 5.41) is 19.0. The Kier molecular flexibility index (Phi) is 6.65. The van der Waals surface area contributed by atoms with Crippen molar-refractivity contribution < 1.29 is 14.9 Å². The smallest absolute Gasteiger partial charge is 0.134 e. The zero-order valence-corrected chi connectivity index (χ0v) is 17.2. The first-order valence-electron chi connectivity index (χ1n) is 10.4. The molecule has 0 bridgehead atoms. The Balaban J connectivity index is 1.56. The summed E-state index contributed by atoms with van der Waals surface area (Å²) < 4.78 is 8.05. The van der Waals surface area contributed by atoms with E-state index >= 15 is 0 Å². The summed E-state index contributed by atoms with van der Waals surface area (Å²) in [6, 6.07) is 8.87. The maximum atomic E-state index is 10.1. The molecule has 1 aliphatic rings. The Morgan fingerprint density at radius 3 is 2.90 bits per heavy atom. The van der Waals surface area contributed by atoms with Gasteiger partial charge in [0, 0.05) is 18.7 Å². The maximum absolute atomic E-state index is 10.1. The van der Waals surface area contributed by atoms with Crippen molar-refractivity contribution in [2.24, 2.45) is 5.92 Å². The average molecular weight is 415 g/mol. The highest BCUT2D eigenvalue weighted by Crippen LogP contribution is 2.26. The van der Waals surface area contributed by atoms with Gasteiger partial charge in [-0.2, -0.15) is 0 Å². The average Bonchev–Trinajstić information content (AvgIpc) is 3.20. The van der Waals surface area contributed by atoms with Crippen LogP contribution in [0.15, 0.2) is 61.1 Å². The molecule has 4 rings (SSSR count). The first-order chi connectivity index (χ1) is 15.2. The van der Waals surface area contributed by atoms with Crippen LogP contribution in [0.3, 0.4) is 0 Å². The maximum Gasteiger partial charge on any atom is 0.134 e. The number of rotatable bonds is 6. The quantitative estimate of drug-likeness (QED) is 0.473. The molecular weight excluding hydrogens is 390 g/mol. The van der Waals surface area contributed by atoms with Crippen molar-refractivity contribution in [3.05, 3.63) is 78.2 Å². The number of allylic oxidation sites excluding steroid dienone is 2. The van der Waals surface area contributed by atoms with Gasteiger partial charge >= 0.3 is 0 Å². The minimum Gasteiger partial charge on any atom is -0.507 e. The predicted octanol–water partition coefficient (Wildman–Crippen LogP) is 3.79. The van der Waals surface area contributed by atoms with Crippen LogP contribution in [0.4, 0.5) is 0 Å². The van der Waals surface area contributed by atoms with Gasteiger partial charge in [0.05, 0.1) is 29.3 Å². The molecule has 0 saturated heterocycles. The van der Waals surface area contributed by atoms with E-state index in [1.54, 1.807) is 18.3 Å². The Hall–Kier alpha value is -3.56. The number of benzene rings is 1. The SMILES string of the molecule is OCC#Cc1ccc(OCc2cnc(CC3C=CCCC3)n2-c2cccnc2)cc1O. The van der Waals surface area contributed by atoms with Crippen LogP contribution in [0.1, 0.15) is 36.3 Å². The minimum atomic E-state index is -0.255. The third kappa shape index (κ3) is 5.14. The van der Waals surface area contributed by atoms with E-state index in [9.17, 15) is 5.11 Å². The normalized spacial score (nSPS) is 15.3. The van der Waals surface area contributed by atoms with Gasteiger partial charge in [0.25, 0.3) is 0 Å². The van der Waals surface area contributed by atoms with Gasteiger partial charge in [-0.3, -0.25) is 9.55 Å². The third-order valence-electron chi connectivity index (χ3n) is 5.27. The number of nitrogens with zero attached hydrogens (tertiary/aromatic N) is 3. The van der Waals surface area contributed by atoms with Crippen molar-refractivity contribution in [2.45, 2.75) is 32.3 Å². The van der Waals surface area contributed by atoms with Gasteiger partial charge in [0.2, 0.25) is 0 Å². The molecule has 1 unspecified atom stereocenters. The van der Waals surface area contributed by atoms with Crippen LogP contribution >= 0.6 is 0 Å². The highest BCUT2D eigenvalue weighted by Gasteiger charge is 2.17. The first kappa shape index (κ1) is 20.7. The van der Waals surface area contributed by atoms with Gasteiger partial charge in [-0.15, -0.1) is 0 Å². The van der Waals surface area contributed by atoms with Gasteiger partial charge < -0.3 is 14.9 Å². The van der Waals surface area contributed by atoms with E-state index < -0.39 is 0 Å². The summed E-state index contributed by atoms with van der Waals surface area (Å²) in [6.07, 6.45) is 14.4. The summed E-state index contributed by atoms with van der Waals surface area (Å²) in [6.45, 7) is 0.0402. The lowest BCUT2D eigenvalue weighted by Crippen LogP contribution is -2.12. The molecule has 0 saturated carbocycles. The van der Waals surface area contributed by atoms with E-state index in [0.717, 1.165) is 30.0 Å². The molecule has 1 aliphatic carbocycles. The van der Waals surface area contributed by atoms with E-state index in [0.29, 0.717) is 23.8 Å². The van der Waals surface area contributed by atoms with Crippen LogP contribution in [0.25, 0.3) is 5.69 Å². The van der Waals surface area contributed by atoms with E-state index in [2.05, 4.69) is 33.5 Å². The molecule has 2 N–H and O–H groups in total. The number of aliphatic hydroxyl groups excluding tert-OH is 1. The Morgan fingerprint density at radius 2 is 2.16 bits per heavy atom. The highest BCUT2D eigenvalue weighted by molar-refractivity contribution is 5.49. The zero-order valence-electron chi connectivity index (χ0n) is 17.2. The number of phenolic OH excluding ortho intramolecular Hbond substituents is 1. The van der Waals surface area contributed by atoms with Gasteiger partial charge in [0.1, 0.15) is 30.5 Å². The lowest BCUT2D eigenvalue weighted by atomic mass is 9.93. The van der Waals surface area contributed by atoms with E-state index in [1.165, 1.54) is 18.9 Å². The second-order valence-corrected chi connectivity index (χ2v) is 7.46. The number of imidazole rings is 1. The number of pyridine rings is 1. The van der Waals surface area contributed by atoms with Crippen molar-refractivity contribution in [1.29, 1.82) is 0 Å². The molecule has 0 aliphatic heterocycles. The molecule has 2 aromatic heterocycles. The predicted molar refractivity (Wildman–Crippen MR) is 118 cm³/mol. The molecule has 0 radical (unpaired) electrons. The van der Waals surface area contributed by atoms with E-state index in [4.69, 9.17) is 14.8 Å². The fourth-order valence-corrected chi connectivity index (χ4v) is 3.76. The molecule has 6 heteroatoms. The molecule has 0 spiro atoms. The van der Waals surface area contributed by atoms with Gasteiger partial charge in [-0.25, -0.2) is 4.98 Å². The summed E-state index contributed by atoms with van der Waals surface area (Å²) in [5.74, 6) is 7.26. The molecule has 31 heavy (non-hydrogen) atoms. The number of aliphatic hydroxyl groups is 1. The number of aromatic nitrogens is 3. The molecule has 3 aromatic rings. The van der Waals surface area contributed by atoms with Crippen LogP contribution in [0.2, 0.25) is 0 Å². The van der Waals surface area contributed by atoms with Crippen molar-refractivity contribution >= 4 is 0 Å². The minimum absolute atomic E-state index is 0.0176. The number of phenols is 1. The second kappa shape index (κ2) is 9.96. The van der Waals surface area contributed by atoms with E-state index in [1.807, 2.05) is 24.5 Å². The summed E-state index contributed by atoms with van der Waals surface area (Å²) in [7, 11) is 0. The largest absolute Gasteiger partial charge is 0.507 e. The molecule has 6 nitrogen and oxygen atoms in total. The molecule has 2 heterocycles. The number of aromatic hydroxyl groups is 1. The van der Waals surface area contributed by atoms with Crippen LogP contribution in [-0.2, 0) is 13.0 Å². The molecule has 1 atom stereocenters. The number of hydrogen-bond donors (Lipinski definition) is 2. The number of ether oxygens (including phenoxy) is 1. The molecular formula is C25H25N3O3. The Labute approximate surface area is 181 Å². The van der Waals surface area contributed by atoms with Crippen LogP contribution in [-0.4, -0.2) is 31.4 Å². The second-order valence-electron chi connectivity index (χ2n) is 7.46. The van der Waals surface area contributed by atoms with Crippen LogP contribution in [0, 0.1) is 17.8 Å². The number of hydrogen-bond acceptors (Lipinski definition) is 5. The van der Waals surface area contributed by atoms with E-state index in [-0.39, 0.29) is 12.4 Å². The van der Waals surface area contributed by atoms with Crippen LogP contribution < -0.4 is 4.74 Å². The lowest BCUT2D eigenvalue weighted by molar-refractivity contribution is 0.297. The van der Waals surface area contributed by atoms with Crippen molar-refractivity contribution in [3.8, 4) is 29.0 Å². The van der Waals surface area contributed by atoms with Crippen molar-refractivity contribution in [2.75, 3.05) is 6.61 Å². The summed E-state index contributed by atoms with van der Waals surface area (Å²) >= 11 is 0. The van der Waals surface area contributed by atoms with Gasteiger partial charge in [0.15, 0.2) is 0 Å². The Bertz CT molecular complexity index is 1110. The summed E-state index contributed by atoms with van der Waals surface area (Å²) in [5.41, 5.74) is 2.31. The van der Waals surface area contributed by atoms with Gasteiger partial charge in [-0.1, -0.05) is 24.0 Å². The zero-order chi connectivity index (χ0) is 21.5. The van der Waals surface area contributed by atoms with Crippen LogP contribution in [0.5, 0.6) is 11.5 Å². The lowest BCUT2D eigenvalue weighted by Gasteiger charge is -2.18. The third-order valence-corrected chi connectivity index (χ3v) is 5.27. The monoisotopic (exact) mass is 415 g/mol. The highest BCUT2D eigenvalue weighted by atomic mass is 16.5. The first-order valence-corrected chi connectivity index (χ1v) is 10.4. The molecule has 0 fully saturated rings. The molecule has 0 amide bonds. The molecule has 158 valence electrons. The van der Waals surface area contributed by atoms with Gasteiger partial charge in [-0.05, 0) is 49.4 Å². The van der Waals surface area contributed by atoms with Crippen molar-refractivity contribution in [3.63, 3.8) is 0 Å². The van der Waals surface area contributed by atoms with Crippen molar-refractivity contribution in [1.82, 2.24) is 14.5 Å². The fourth-order valence-electron chi connectivity index (χ4n) is 3.76. The molecule has 1 aromatic carbocycles. The fraction of sp³-hybridized carbons (Fsp3) is 0.280. The topological polar surface area (TPSA) is 80.4 Å². The standard InChI is InChI=1S/C25H25N3O3/c29-13-5-8-20-10-11-23(15-24(20)30)31-18-22-17-27-25(14-19-6-2-1-3-7-19)28(22)21-9-4-12-26-16-21/h2,4,6,9-12,15-17,19,29-30H,1,3,7,13-14,18H2. The Morgan fingerprint density at radius 1 is 1.23 bits per heavy atom.